The van der Waals surface area contributed by atoms with E-state index in [9.17, 15) is 25.2 Å². The molecule has 0 radical (unpaired) electrons. The van der Waals surface area contributed by atoms with Crippen molar-refractivity contribution in [3.05, 3.63) is 107 Å². The molecule has 0 spiro atoms. The molecule has 4 N–H and O–H groups in total. The summed E-state index contributed by atoms with van der Waals surface area (Å²) in [5.41, 5.74) is 2.96. The lowest BCUT2D eigenvalue weighted by Crippen LogP contribution is -2.47. The van der Waals surface area contributed by atoms with E-state index in [0.29, 0.717) is 41.2 Å². The van der Waals surface area contributed by atoms with E-state index in [1.165, 1.54) is 52.7 Å². The number of ether oxygens (including phenoxy) is 7. The second-order valence-corrected chi connectivity index (χ2v) is 12.3. The third kappa shape index (κ3) is 9.94. The number of benzene rings is 4. The molecule has 53 heavy (non-hydrogen) atoms. The Labute approximate surface area is 308 Å². The Morgan fingerprint density at radius 3 is 2.08 bits per heavy atom. The average Bonchev–Trinajstić information content (AvgIpc) is 3.17. The van der Waals surface area contributed by atoms with Crippen molar-refractivity contribution in [3.8, 4) is 46.0 Å². The summed E-state index contributed by atoms with van der Waals surface area (Å²) < 4.78 is 40.5. The number of hydrogen-bond donors (Lipinski definition) is 4. The van der Waals surface area contributed by atoms with Gasteiger partial charge in [0.05, 0.1) is 40.6 Å². The van der Waals surface area contributed by atoms with Crippen LogP contribution in [0.1, 0.15) is 41.2 Å². The molecule has 1 fully saturated rings. The van der Waals surface area contributed by atoms with Gasteiger partial charge in [-0.3, -0.25) is 0 Å². The maximum atomic E-state index is 12.2. The predicted octanol–water partition coefficient (Wildman–Crippen LogP) is 6.38. The van der Waals surface area contributed by atoms with Crippen LogP contribution in [0.3, 0.4) is 0 Å². The van der Waals surface area contributed by atoms with E-state index < -0.39 is 24.3 Å². The predicted molar refractivity (Wildman–Crippen MR) is 197 cm³/mol. The van der Waals surface area contributed by atoms with Crippen LogP contribution in [0.2, 0.25) is 0 Å². The Morgan fingerprint density at radius 1 is 0.774 bits per heavy atom. The van der Waals surface area contributed by atoms with Crippen molar-refractivity contribution in [2.45, 2.75) is 43.7 Å². The van der Waals surface area contributed by atoms with Gasteiger partial charge in [-0.15, -0.1) is 0 Å². The molecular weight excluding hydrogens is 684 g/mol. The smallest absolute Gasteiger partial charge is 0.331 e. The van der Waals surface area contributed by atoms with Crippen LogP contribution in [0.5, 0.6) is 46.0 Å². The summed E-state index contributed by atoms with van der Waals surface area (Å²) in [5, 5.41) is 41.3. The van der Waals surface area contributed by atoms with Crippen molar-refractivity contribution >= 4 is 18.1 Å². The summed E-state index contributed by atoms with van der Waals surface area (Å²) >= 11 is 0. The van der Waals surface area contributed by atoms with Gasteiger partial charge in [-0.1, -0.05) is 30.3 Å². The second kappa shape index (κ2) is 18.1. The number of aryl methyl sites for hydroxylation is 1. The highest BCUT2D eigenvalue weighted by Gasteiger charge is 2.41. The van der Waals surface area contributed by atoms with Gasteiger partial charge in [-0.2, -0.15) is 0 Å². The van der Waals surface area contributed by atoms with E-state index in [4.69, 9.17) is 33.2 Å². The quantitative estimate of drug-likeness (QED) is 0.0791. The highest BCUT2D eigenvalue weighted by molar-refractivity contribution is 5.87. The van der Waals surface area contributed by atoms with Gasteiger partial charge in [0.25, 0.3) is 0 Å². The molecule has 1 heterocycles. The molecule has 0 amide bonds. The largest absolute Gasteiger partial charge is 0.508 e. The number of aliphatic hydroxyl groups is 1. The third-order valence-corrected chi connectivity index (χ3v) is 8.73. The number of carbonyl (C=O) groups excluding carboxylic acids is 1. The molecule has 1 aliphatic rings. The first-order valence-electron chi connectivity index (χ1n) is 16.9. The van der Waals surface area contributed by atoms with Crippen molar-refractivity contribution in [3.63, 3.8) is 0 Å². The molecule has 4 atom stereocenters. The standard InChI is InChI=1S/C41H44O12/c1-47-34-20-26(10-16-31(34)43)9-15-30-24-33(45)40(39(52-30)28-12-17-32(44)35(23-28)48-2)53-41-36(49-3)21-27(22-37(41)50-4)6-5-19-51-38(46)18-11-25-7-13-29(42)14-8-25/h5-8,10-14,16-18,20-23,30,33,39-40,42-45H,9,15,19,24H2,1-4H3/b6-5-,18-11-/t30-,33-,39+,40-/m0/s1. The van der Waals surface area contributed by atoms with Gasteiger partial charge < -0.3 is 53.6 Å². The Morgan fingerprint density at radius 2 is 1.42 bits per heavy atom. The topological polar surface area (TPSA) is 163 Å². The number of phenolic OH excluding ortho intramolecular Hbond substituents is 3. The third-order valence-electron chi connectivity index (χ3n) is 8.73. The molecule has 12 nitrogen and oxygen atoms in total. The molecule has 0 unspecified atom stereocenters. The van der Waals surface area contributed by atoms with Crippen molar-refractivity contribution in [2.75, 3.05) is 35.0 Å². The van der Waals surface area contributed by atoms with Gasteiger partial charge >= 0.3 is 5.97 Å². The summed E-state index contributed by atoms with van der Waals surface area (Å²) in [6.07, 6.45) is 4.64. The average molecular weight is 729 g/mol. The lowest BCUT2D eigenvalue weighted by Gasteiger charge is -2.40. The minimum atomic E-state index is -0.986. The first-order valence-corrected chi connectivity index (χ1v) is 16.9. The lowest BCUT2D eigenvalue weighted by atomic mass is 9.90. The van der Waals surface area contributed by atoms with Crippen LogP contribution < -0.4 is 23.7 Å². The van der Waals surface area contributed by atoms with E-state index in [1.807, 2.05) is 6.07 Å². The molecule has 4 aromatic carbocycles. The van der Waals surface area contributed by atoms with Gasteiger partial charge in [0.2, 0.25) is 5.75 Å². The summed E-state index contributed by atoms with van der Waals surface area (Å²) in [7, 11) is 5.92. The van der Waals surface area contributed by atoms with Crippen LogP contribution in [-0.4, -0.2) is 79.8 Å². The maximum absolute atomic E-state index is 12.2. The maximum Gasteiger partial charge on any atom is 0.331 e. The Balaban J connectivity index is 1.33. The number of rotatable bonds is 15. The molecule has 4 aromatic rings. The fraction of sp³-hybridized carbons (Fsp3) is 0.293. The number of hydrogen-bond acceptors (Lipinski definition) is 12. The molecular formula is C41H44O12. The van der Waals surface area contributed by atoms with Crippen molar-refractivity contribution < 1.29 is 58.4 Å². The van der Waals surface area contributed by atoms with Crippen LogP contribution in [0.25, 0.3) is 12.2 Å². The minimum Gasteiger partial charge on any atom is -0.508 e. The van der Waals surface area contributed by atoms with Gasteiger partial charge in [0, 0.05) is 12.5 Å². The number of aliphatic hydroxyl groups excluding tert-OH is 1. The van der Waals surface area contributed by atoms with Crippen molar-refractivity contribution in [1.82, 2.24) is 0 Å². The fourth-order valence-corrected chi connectivity index (χ4v) is 5.98. The van der Waals surface area contributed by atoms with E-state index >= 15 is 0 Å². The molecule has 0 aliphatic carbocycles. The van der Waals surface area contributed by atoms with E-state index in [-0.39, 0.29) is 47.9 Å². The highest BCUT2D eigenvalue weighted by atomic mass is 16.6. The Bertz CT molecular complexity index is 1880. The van der Waals surface area contributed by atoms with Gasteiger partial charge in [0.15, 0.2) is 40.6 Å². The SMILES string of the molecule is COc1cc(CC[C@H]2C[C@H](O)[C@H](Oc3c(OC)cc(/C=C\COC(=O)/C=C\c4ccc(O)cc4)cc3OC)[C@@H](c3ccc(O)c(OC)c3)O2)ccc1O. The summed E-state index contributed by atoms with van der Waals surface area (Å²) in [6, 6.07) is 19.9. The number of esters is 1. The molecule has 5 rings (SSSR count). The number of methoxy groups -OCH3 is 4. The zero-order chi connectivity index (χ0) is 37.9. The Hall–Kier alpha value is -5.85. The van der Waals surface area contributed by atoms with Crippen LogP contribution in [0, 0.1) is 0 Å². The van der Waals surface area contributed by atoms with E-state index in [1.54, 1.807) is 66.8 Å². The Kier molecular flexibility index (Phi) is 13.1. The first-order chi connectivity index (χ1) is 25.6. The van der Waals surface area contributed by atoms with Crippen LogP contribution in [0.4, 0.5) is 0 Å². The number of aromatic hydroxyl groups is 3. The number of phenols is 3. The summed E-state index contributed by atoms with van der Waals surface area (Å²) in [5.74, 6) is 1.13. The van der Waals surface area contributed by atoms with E-state index in [0.717, 1.165) is 11.1 Å². The first kappa shape index (κ1) is 38.4. The summed E-state index contributed by atoms with van der Waals surface area (Å²) in [4.78, 5) is 12.2. The molecule has 0 aromatic heterocycles. The summed E-state index contributed by atoms with van der Waals surface area (Å²) in [6.45, 7) is 0.00642. The van der Waals surface area contributed by atoms with Crippen molar-refractivity contribution in [2.24, 2.45) is 0 Å². The minimum absolute atomic E-state index is 0.00642. The zero-order valence-corrected chi connectivity index (χ0v) is 29.9. The molecule has 0 bridgehead atoms. The second-order valence-electron chi connectivity index (χ2n) is 12.3. The zero-order valence-electron chi connectivity index (χ0n) is 29.9. The van der Waals surface area contributed by atoms with Gasteiger partial charge in [0.1, 0.15) is 18.5 Å². The molecule has 12 heteroatoms. The molecule has 1 aliphatic heterocycles. The fourth-order valence-electron chi connectivity index (χ4n) is 5.98. The van der Waals surface area contributed by atoms with Gasteiger partial charge in [-0.05, 0) is 95.8 Å². The van der Waals surface area contributed by atoms with Crippen molar-refractivity contribution in [1.29, 1.82) is 0 Å². The van der Waals surface area contributed by atoms with Gasteiger partial charge in [-0.25, -0.2) is 4.79 Å². The molecule has 0 saturated carbocycles. The normalized spacial score (nSPS) is 18.5. The lowest BCUT2D eigenvalue weighted by molar-refractivity contribution is -0.164. The highest BCUT2D eigenvalue weighted by Crippen LogP contribution is 2.44. The molecule has 1 saturated heterocycles. The van der Waals surface area contributed by atoms with Crippen LogP contribution in [-0.2, 0) is 20.7 Å². The van der Waals surface area contributed by atoms with Crippen LogP contribution in [0.15, 0.2) is 84.9 Å². The monoisotopic (exact) mass is 728 g/mol. The van der Waals surface area contributed by atoms with Crippen LogP contribution >= 0.6 is 0 Å². The number of carbonyl (C=O) groups is 1. The van der Waals surface area contributed by atoms with E-state index in [2.05, 4.69) is 0 Å². The molecule has 280 valence electrons.